The van der Waals surface area contributed by atoms with Gasteiger partial charge in [-0.25, -0.2) is 9.37 Å². The first-order chi connectivity index (χ1) is 7.33. The Labute approximate surface area is 93.8 Å². The Morgan fingerprint density at radius 1 is 1.20 bits per heavy atom. The Bertz CT molecular complexity index is 598. The summed E-state index contributed by atoms with van der Waals surface area (Å²) in [6.45, 7) is 0. The molecule has 74 valence electrons. The molecule has 0 N–H and O–H groups in total. The second kappa shape index (κ2) is 3.40. The van der Waals surface area contributed by atoms with Crippen LogP contribution in [-0.4, -0.2) is 4.98 Å². The van der Waals surface area contributed by atoms with Gasteiger partial charge in [-0.1, -0.05) is 6.07 Å². The van der Waals surface area contributed by atoms with Gasteiger partial charge in [-0.3, -0.25) is 0 Å². The zero-order valence-electron chi connectivity index (χ0n) is 7.61. The number of nitrogens with zero attached hydrogens (tertiary/aromatic N) is 1. The smallest absolute Gasteiger partial charge is 0.134 e. The summed E-state index contributed by atoms with van der Waals surface area (Å²) in [5, 5.41) is 2.98. The van der Waals surface area contributed by atoms with E-state index >= 15 is 0 Å². The number of halogens is 1. The summed E-state index contributed by atoms with van der Waals surface area (Å²) in [5.74, 6) is -0.231. The molecule has 0 fully saturated rings. The van der Waals surface area contributed by atoms with E-state index in [0.717, 1.165) is 20.1 Å². The fraction of sp³-hybridized carbons (Fsp3) is 0. The van der Waals surface area contributed by atoms with Crippen LogP contribution in [0, 0.1) is 5.82 Å². The lowest BCUT2D eigenvalue weighted by molar-refractivity contribution is 0.629. The van der Waals surface area contributed by atoms with Gasteiger partial charge in [0, 0.05) is 6.07 Å². The van der Waals surface area contributed by atoms with Crippen molar-refractivity contribution in [3.05, 3.63) is 41.5 Å². The molecule has 0 aliphatic carbocycles. The van der Waals surface area contributed by atoms with E-state index in [1.54, 1.807) is 28.7 Å². The van der Waals surface area contributed by atoms with E-state index in [0.29, 0.717) is 0 Å². The van der Waals surface area contributed by atoms with E-state index in [-0.39, 0.29) is 5.82 Å². The second-order valence-electron chi connectivity index (χ2n) is 3.11. The van der Waals surface area contributed by atoms with Gasteiger partial charge < -0.3 is 0 Å². The first-order valence-electron chi connectivity index (χ1n) is 4.43. The molecule has 0 aliphatic rings. The fourth-order valence-corrected chi connectivity index (χ4v) is 3.15. The normalized spacial score (nSPS) is 11.0. The number of rotatable bonds is 1. The molecular weight excluding hydrogens is 229 g/mol. The van der Waals surface area contributed by atoms with Crippen molar-refractivity contribution in [1.82, 2.24) is 4.98 Å². The van der Waals surface area contributed by atoms with Gasteiger partial charge in [0.25, 0.3) is 0 Å². The number of benzene rings is 1. The highest BCUT2D eigenvalue weighted by Gasteiger charge is 2.07. The van der Waals surface area contributed by atoms with Crippen LogP contribution in [0.1, 0.15) is 0 Å². The van der Waals surface area contributed by atoms with Crippen LogP contribution in [0.5, 0.6) is 0 Å². The number of hydrogen-bond acceptors (Lipinski definition) is 3. The Morgan fingerprint density at radius 2 is 2.13 bits per heavy atom. The van der Waals surface area contributed by atoms with Gasteiger partial charge >= 0.3 is 0 Å². The Kier molecular flexibility index (Phi) is 2.04. The molecular formula is C11H6FNS2. The van der Waals surface area contributed by atoms with Crippen LogP contribution in [0.2, 0.25) is 0 Å². The maximum atomic E-state index is 13.0. The molecule has 0 unspecified atom stereocenters. The van der Waals surface area contributed by atoms with E-state index in [1.165, 1.54) is 12.1 Å². The molecule has 3 rings (SSSR count). The van der Waals surface area contributed by atoms with Crippen molar-refractivity contribution in [2.45, 2.75) is 0 Å². The molecule has 1 aromatic carbocycles. The molecule has 0 saturated carbocycles. The van der Waals surface area contributed by atoms with Crippen molar-refractivity contribution < 1.29 is 4.39 Å². The van der Waals surface area contributed by atoms with E-state index in [2.05, 4.69) is 4.98 Å². The number of thiazole rings is 1. The Morgan fingerprint density at radius 3 is 2.93 bits per heavy atom. The molecule has 0 radical (unpaired) electrons. The van der Waals surface area contributed by atoms with Gasteiger partial charge in [0.15, 0.2) is 0 Å². The molecule has 2 aromatic heterocycles. The summed E-state index contributed by atoms with van der Waals surface area (Å²) in [6.07, 6.45) is 0. The summed E-state index contributed by atoms with van der Waals surface area (Å²) in [7, 11) is 0. The number of fused-ring (bicyclic) bond motifs is 1. The molecule has 3 aromatic rings. The molecule has 0 saturated heterocycles. The van der Waals surface area contributed by atoms with Crippen molar-refractivity contribution in [3.63, 3.8) is 0 Å². The van der Waals surface area contributed by atoms with Crippen molar-refractivity contribution in [2.75, 3.05) is 0 Å². The highest BCUT2D eigenvalue weighted by Crippen LogP contribution is 2.32. The van der Waals surface area contributed by atoms with Gasteiger partial charge in [-0.15, -0.1) is 22.7 Å². The van der Waals surface area contributed by atoms with Crippen LogP contribution in [0.3, 0.4) is 0 Å². The SMILES string of the molecule is Fc1ccc2sc(-c3cccs3)nc2c1. The van der Waals surface area contributed by atoms with Crippen molar-refractivity contribution in [2.24, 2.45) is 0 Å². The van der Waals surface area contributed by atoms with Crippen LogP contribution in [0.25, 0.3) is 20.1 Å². The standard InChI is InChI=1S/C11H6FNS2/c12-7-3-4-9-8(6-7)13-11(15-9)10-2-1-5-14-10/h1-6H. The third-order valence-corrected chi connectivity index (χ3v) is 4.16. The third-order valence-electron chi connectivity index (χ3n) is 2.08. The number of aromatic nitrogens is 1. The second-order valence-corrected chi connectivity index (χ2v) is 5.09. The maximum Gasteiger partial charge on any atom is 0.134 e. The molecule has 1 nitrogen and oxygen atoms in total. The first-order valence-corrected chi connectivity index (χ1v) is 6.12. The van der Waals surface area contributed by atoms with E-state index in [4.69, 9.17) is 0 Å². The monoisotopic (exact) mass is 235 g/mol. The summed E-state index contributed by atoms with van der Waals surface area (Å²) in [5.41, 5.74) is 0.739. The maximum absolute atomic E-state index is 13.0. The van der Waals surface area contributed by atoms with Crippen LogP contribution in [0.15, 0.2) is 35.7 Å². The minimum atomic E-state index is -0.231. The van der Waals surface area contributed by atoms with Gasteiger partial charge in [0.1, 0.15) is 10.8 Å². The van der Waals surface area contributed by atoms with Gasteiger partial charge in [-0.05, 0) is 23.6 Å². The van der Waals surface area contributed by atoms with Crippen LogP contribution in [-0.2, 0) is 0 Å². The van der Waals surface area contributed by atoms with Crippen molar-refractivity contribution in [3.8, 4) is 9.88 Å². The minimum Gasteiger partial charge on any atom is -0.235 e. The summed E-state index contributed by atoms with van der Waals surface area (Å²) >= 11 is 3.25. The first kappa shape index (κ1) is 9.00. The lowest BCUT2D eigenvalue weighted by Crippen LogP contribution is -1.72. The molecule has 0 aliphatic heterocycles. The molecule has 2 heterocycles. The van der Waals surface area contributed by atoms with Crippen molar-refractivity contribution >= 4 is 32.9 Å². The average molecular weight is 235 g/mol. The minimum absolute atomic E-state index is 0.231. The van der Waals surface area contributed by atoms with Gasteiger partial charge in [0.2, 0.25) is 0 Å². The van der Waals surface area contributed by atoms with Crippen molar-refractivity contribution in [1.29, 1.82) is 0 Å². The summed E-state index contributed by atoms with van der Waals surface area (Å²) in [6, 6.07) is 8.74. The van der Waals surface area contributed by atoms with Crippen LogP contribution in [0.4, 0.5) is 4.39 Å². The molecule has 0 bridgehead atoms. The van der Waals surface area contributed by atoms with Crippen LogP contribution >= 0.6 is 22.7 Å². The molecule has 0 amide bonds. The average Bonchev–Trinajstić information content (AvgIpc) is 2.84. The fourth-order valence-electron chi connectivity index (χ4n) is 1.41. The summed E-state index contributed by atoms with van der Waals surface area (Å²) in [4.78, 5) is 5.54. The predicted octanol–water partition coefficient (Wildman–Crippen LogP) is 4.16. The zero-order chi connectivity index (χ0) is 10.3. The third kappa shape index (κ3) is 1.56. The van der Waals surface area contributed by atoms with Gasteiger partial charge in [0.05, 0.1) is 15.1 Å². The lowest BCUT2D eigenvalue weighted by Gasteiger charge is -1.85. The quantitative estimate of drug-likeness (QED) is 0.617. The molecule has 0 spiro atoms. The molecule has 15 heavy (non-hydrogen) atoms. The van der Waals surface area contributed by atoms with Gasteiger partial charge in [-0.2, -0.15) is 0 Å². The largest absolute Gasteiger partial charge is 0.235 e. The summed E-state index contributed by atoms with van der Waals surface area (Å²) < 4.78 is 14.0. The molecule has 0 atom stereocenters. The van der Waals surface area contributed by atoms with E-state index in [9.17, 15) is 4.39 Å². The highest BCUT2D eigenvalue weighted by molar-refractivity contribution is 7.25. The number of thiophene rings is 1. The van der Waals surface area contributed by atoms with E-state index in [1.807, 2.05) is 17.5 Å². The lowest BCUT2D eigenvalue weighted by atomic mass is 10.3. The molecule has 4 heteroatoms. The predicted molar refractivity (Wildman–Crippen MR) is 62.9 cm³/mol. The Balaban J connectivity index is 2.22. The highest BCUT2D eigenvalue weighted by atomic mass is 32.1. The van der Waals surface area contributed by atoms with E-state index < -0.39 is 0 Å². The Hall–Kier alpha value is -1.26. The topological polar surface area (TPSA) is 12.9 Å². The zero-order valence-corrected chi connectivity index (χ0v) is 9.24. The number of hydrogen-bond donors (Lipinski definition) is 0. The van der Waals surface area contributed by atoms with Crippen LogP contribution < -0.4 is 0 Å².